The lowest BCUT2D eigenvalue weighted by Gasteiger charge is -2.23. The molecule has 38 heavy (non-hydrogen) atoms. The second-order valence-electron chi connectivity index (χ2n) is 8.31. The van der Waals surface area contributed by atoms with Crippen molar-refractivity contribution in [1.82, 2.24) is 4.90 Å². The van der Waals surface area contributed by atoms with Gasteiger partial charge in [0, 0.05) is 26.0 Å². The summed E-state index contributed by atoms with van der Waals surface area (Å²) in [5.41, 5.74) is 0.710. The van der Waals surface area contributed by atoms with Crippen LogP contribution in [0.15, 0.2) is 54.6 Å². The van der Waals surface area contributed by atoms with E-state index in [1.54, 1.807) is 61.5 Å². The van der Waals surface area contributed by atoms with Gasteiger partial charge in [-0.1, -0.05) is 30.3 Å². The maximum atomic E-state index is 13.2. The molecule has 0 aliphatic rings. The van der Waals surface area contributed by atoms with Crippen LogP contribution in [0.1, 0.15) is 31.7 Å². The first kappa shape index (κ1) is 30.8. The molecule has 0 saturated carbocycles. The molecule has 1 amide bonds. The first-order valence-corrected chi connectivity index (χ1v) is 12.0. The van der Waals surface area contributed by atoms with Crippen LogP contribution in [0.4, 0.5) is 26.7 Å². The van der Waals surface area contributed by atoms with Crippen LogP contribution in [-0.2, 0) is 16.0 Å². The van der Waals surface area contributed by atoms with Gasteiger partial charge in [0.2, 0.25) is 0 Å². The average molecular weight is 548 g/mol. The third-order valence-electron chi connectivity index (χ3n) is 5.41. The van der Waals surface area contributed by atoms with Gasteiger partial charge in [0.05, 0.1) is 6.54 Å². The van der Waals surface area contributed by atoms with Gasteiger partial charge in [0.15, 0.2) is 6.10 Å². The second-order valence-corrected chi connectivity index (χ2v) is 8.31. The van der Waals surface area contributed by atoms with Crippen molar-refractivity contribution in [3.63, 3.8) is 0 Å². The summed E-state index contributed by atoms with van der Waals surface area (Å²) < 4.78 is 79.6. The fourth-order valence-corrected chi connectivity index (χ4v) is 3.37. The van der Waals surface area contributed by atoms with Crippen LogP contribution in [0.3, 0.4) is 0 Å². The number of halogens is 5. The van der Waals surface area contributed by atoms with Gasteiger partial charge in [0.25, 0.3) is 0 Å². The summed E-state index contributed by atoms with van der Waals surface area (Å²) in [5, 5.41) is 9.20. The number of ether oxygens (including phenoxy) is 3. The molecule has 0 aliphatic carbocycles. The SMILES string of the molecule is CCOC(Cc1ccc(OCCN(CCCCC(F)(F)C(F)(F)F)C(=O)Oc2ccccc2)cc1)C(=O)O. The number of rotatable bonds is 15. The fourth-order valence-electron chi connectivity index (χ4n) is 3.37. The molecule has 0 heterocycles. The highest BCUT2D eigenvalue weighted by Crippen LogP contribution is 2.39. The smallest absolute Gasteiger partial charge is 0.453 e. The van der Waals surface area contributed by atoms with E-state index in [0.717, 1.165) is 0 Å². The molecule has 0 aliphatic heterocycles. The highest BCUT2D eigenvalue weighted by molar-refractivity contribution is 5.72. The van der Waals surface area contributed by atoms with Crippen molar-refractivity contribution in [1.29, 1.82) is 0 Å². The maximum Gasteiger partial charge on any atom is 0.453 e. The molecule has 0 fully saturated rings. The van der Waals surface area contributed by atoms with Crippen molar-refractivity contribution in [2.24, 2.45) is 0 Å². The number of carbonyl (C=O) groups excluding carboxylic acids is 1. The number of carboxylic acid groups (broad SMARTS) is 1. The van der Waals surface area contributed by atoms with Crippen molar-refractivity contribution in [3.8, 4) is 11.5 Å². The number of nitrogens with zero attached hydrogens (tertiary/aromatic N) is 1. The van der Waals surface area contributed by atoms with E-state index in [1.165, 1.54) is 4.90 Å². The van der Waals surface area contributed by atoms with Gasteiger partial charge in [-0.25, -0.2) is 9.59 Å². The summed E-state index contributed by atoms with van der Waals surface area (Å²) >= 11 is 0. The number of hydrogen-bond acceptors (Lipinski definition) is 5. The lowest BCUT2D eigenvalue weighted by Crippen LogP contribution is -2.38. The van der Waals surface area contributed by atoms with Gasteiger partial charge >= 0.3 is 24.2 Å². The number of carboxylic acids is 1. The maximum absolute atomic E-state index is 13.2. The standard InChI is InChI=1S/C26H30F5NO6/c1-2-36-22(23(33)34)18-19-10-12-20(13-11-19)37-17-16-32(24(35)38-21-8-4-3-5-9-21)15-7-6-14-25(27,28)26(29,30)31/h3-5,8-13,22H,2,6-7,14-18H2,1H3,(H,33,34). The number of alkyl halides is 5. The minimum atomic E-state index is -5.63. The first-order chi connectivity index (χ1) is 17.9. The Morgan fingerprint density at radius 1 is 0.921 bits per heavy atom. The van der Waals surface area contributed by atoms with Gasteiger partial charge in [-0.3, -0.25) is 0 Å². The zero-order valence-electron chi connectivity index (χ0n) is 20.8. The van der Waals surface area contributed by atoms with E-state index in [-0.39, 0.29) is 44.9 Å². The molecule has 0 aromatic heterocycles. The van der Waals surface area contributed by atoms with E-state index in [2.05, 4.69) is 0 Å². The lowest BCUT2D eigenvalue weighted by molar-refractivity contribution is -0.284. The van der Waals surface area contributed by atoms with Gasteiger partial charge in [-0.05, 0) is 49.6 Å². The molecule has 2 aromatic rings. The largest absolute Gasteiger partial charge is 0.492 e. The van der Waals surface area contributed by atoms with Gasteiger partial charge in [-0.2, -0.15) is 22.0 Å². The summed E-state index contributed by atoms with van der Waals surface area (Å²) in [5.74, 6) is -5.20. The summed E-state index contributed by atoms with van der Waals surface area (Å²) in [6.07, 6.45) is -9.18. The third-order valence-corrected chi connectivity index (χ3v) is 5.41. The highest BCUT2D eigenvalue weighted by atomic mass is 19.4. The lowest BCUT2D eigenvalue weighted by atomic mass is 10.1. The van der Waals surface area contributed by atoms with E-state index in [1.807, 2.05) is 0 Å². The van der Waals surface area contributed by atoms with Crippen molar-refractivity contribution >= 4 is 12.1 Å². The molecule has 0 bridgehead atoms. The van der Waals surface area contributed by atoms with Crippen molar-refractivity contribution in [2.75, 3.05) is 26.3 Å². The van der Waals surface area contributed by atoms with E-state index in [4.69, 9.17) is 14.2 Å². The molecule has 0 spiro atoms. The molecule has 7 nitrogen and oxygen atoms in total. The van der Waals surface area contributed by atoms with E-state index >= 15 is 0 Å². The quantitative estimate of drug-likeness (QED) is 0.219. The molecular formula is C26H30F5NO6. The van der Waals surface area contributed by atoms with Crippen molar-refractivity contribution in [2.45, 2.75) is 50.8 Å². The molecular weight excluding hydrogens is 517 g/mol. The molecule has 0 saturated heterocycles. The highest BCUT2D eigenvalue weighted by Gasteiger charge is 2.56. The Balaban J connectivity index is 1.93. The number of unbranched alkanes of at least 4 members (excludes halogenated alkanes) is 1. The minimum Gasteiger partial charge on any atom is -0.492 e. The topological polar surface area (TPSA) is 85.3 Å². The molecule has 0 radical (unpaired) electrons. The molecule has 1 atom stereocenters. The summed E-state index contributed by atoms with van der Waals surface area (Å²) in [4.78, 5) is 25.0. The molecule has 12 heteroatoms. The zero-order valence-corrected chi connectivity index (χ0v) is 20.8. The number of benzene rings is 2. The molecule has 1 N–H and O–H groups in total. The Kier molecular flexibility index (Phi) is 11.8. The third kappa shape index (κ3) is 10.2. The summed E-state index contributed by atoms with van der Waals surface area (Å²) in [7, 11) is 0. The Bertz CT molecular complexity index is 1000. The predicted octanol–water partition coefficient (Wildman–Crippen LogP) is 5.97. The van der Waals surface area contributed by atoms with Crippen LogP contribution in [0.25, 0.3) is 0 Å². The number of para-hydroxylation sites is 1. The monoisotopic (exact) mass is 547 g/mol. The fraction of sp³-hybridized carbons (Fsp3) is 0.462. The first-order valence-electron chi connectivity index (χ1n) is 12.0. The number of amides is 1. The van der Waals surface area contributed by atoms with Crippen LogP contribution in [-0.4, -0.2) is 66.6 Å². The molecule has 1 unspecified atom stereocenters. The number of hydrogen-bond donors (Lipinski definition) is 1. The van der Waals surface area contributed by atoms with Crippen LogP contribution >= 0.6 is 0 Å². The second kappa shape index (κ2) is 14.5. The zero-order chi connectivity index (χ0) is 28.2. The van der Waals surface area contributed by atoms with Crippen LogP contribution in [0.5, 0.6) is 11.5 Å². The van der Waals surface area contributed by atoms with Gasteiger partial charge < -0.3 is 24.2 Å². The molecule has 2 rings (SSSR count). The van der Waals surface area contributed by atoms with Gasteiger partial charge in [-0.15, -0.1) is 0 Å². The van der Waals surface area contributed by atoms with E-state index in [9.17, 15) is 36.6 Å². The summed E-state index contributed by atoms with van der Waals surface area (Å²) in [6, 6.07) is 14.7. The Morgan fingerprint density at radius 2 is 1.58 bits per heavy atom. The Labute approximate surface area is 217 Å². The van der Waals surface area contributed by atoms with Crippen LogP contribution in [0, 0.1) is 0 Å². The van der Waals surface area contributed by atoms with Crippen molar-refractivity contribution < 1.29 is 50.9 Å². The molecule has 2 aromatic carbocycles. The Hall–Kier alpha value is -3.41. The van der Waals surface area contributed by atoms with Crippen molar-refractivity contribution in [3.05, 3.63) is 60.2 Å². The Morgan fingerprint density at radius 3 is 2.16 bits per heavy atom. The predicted molar refractivity (Wildman–Crippen MR) is 128 cm³/mol. The normalized spacial score (nSPS) is 12.6. The van der Waals surface area contributed by atoms with E-state index in [0.29, 0.717) is 11.3 Å². The van der Waals surface area contributed by atoms with Crippen LogP contribution < -0.4 is 9.47 Å². The minimum absolute atomic E-state index is 0.0152. The number of carbonyl (C=O) groups is 2. The van der Waals surface area contributed by atoms with Gasteiger partial charge in [0.1, 0.15) is 18.1 Å². The van der Waals surface area contributed by atoms with Crippen LogP contribution in [0.2, 0.25) is 0 Å². The number of aliphatic carboxylic acids is 1. The summed E-state index contributed by atoms with van der Waals surface area (Å²) in [6.45, 7) is 1.80. The average Bonchev–Trinajstić information content (AvgIpc) is 2.86. The molecule has 210 valence electrons. The van der Waals surface area contributed by atoms with E-state index < -0.39 is 43.1 Å².